The normalized spacial score (nSPS) is 17.0. The van der Waals surface area contributed by atoms with E-state index < -0.39 is 12.5 Å². The van der Waals surface area contributed by atoms with Crippen molar-refractivity contribution in [2.24, 2.45) is 0 Å². The lowest BCUT2D eigenvalue weighted by atomic mass is 10.2. The molecular formula is C16H11NO3S3. The summed E-state index contributed by atoms with van der Waals surface area (Å²) in [7, 11) is 0. The van der Waals surface area contributed by atoms with Crippen molar-refractivity contribution in [3.8, 4) is 0 Å². The predicted molar refractivity (Wildman–Crippen MR) is 98.5 cm³/mol. The number of amides is 1. The molecule has 0 radical (unpaired) electrons. The Balaban J connectivity index is 1.75. The molecule has 2 heterocycles. The van der Waals surface area contributed by atoms with E-state index in [0.717, 1.165) is 21.5 Å². The Bertz CT molecular complexity index is 833. The van der Waals surface area contributed by atoms with E-state index in [-0.39, 0.29) is 10.2 Å². The van der Waals surface area contributed by atoms with Crippen molar-refractivity contribution >= 4 is 67.7 Å². The van der Waals surface area contributed by atoms with Crippen LogP contribution in [0.4, 0.5) is 0 Å². The van der Waals surface area contributed by atoms with Gasteiger partial charge in [0.15, 0.2) is 0 Å². The van der Waals surface area contributed by atoms with E-state index >= 15 is 0 Å². The first-order valence-electron chi connectivity index (χ1n) is 6.67. The number of hydrogen-bond donors (Lipinski definition) is 1. The third-order valence-corrected chi connectivity index (χ3v) is 5.60. The topological polar surface area (TPSA) is 57.6 Å². The Hall–Kier alpha value is -1.96. The van der Waals surface area contributed by atoms with Crippen molar-refractivity contribution in [2.45, 2.75) is 0 Å². The van der Waals surface area contributed by atoms with Gasteiger partial charge in [-0.3, -0.25) is 14.5 Å². The van der Waals surface area contributed by atoms with Crippen LogP contribution in [0, 0.1) is 0 Å². The minimum Gasteiger partial charge on any atom is -0.480 e. The van der Waals surface area contributed by atoms with Gasteiger partial charge in [0, 0.05) is 9.58 Å². The molecule has 1 aliphatic rings. The number of benzene rings is 1. The lowest BCUT2D eigenvalue weighted by molar-refractivity contribution is -0.140. The largest absolute Gasteiger partial charge is 0.480 e. The van der Waals surface area contributed by atoms with Gasteiger partial charge in [-0.2, -0.15) is 0 Å². The smallest absolute Gasteiger partial charge is 0.323 e. The molecule has 1 fully saturated rings. The van der Waals surface area contributed by atoms with Crippen LogP contribution in [-0.2, 0) is 9.59 Å². The Kier molecular flexibility index (Phi) is 4.61. The molecule has 4 nitrogen and oxygen atoms in total. The van der Waals surface area contributed by atoms with Crippen LogP contribution in [0.3, 0.4) is 0 Å². The number of rotatable bonds is 4. The minimum atomic E-state index is -1.08. The molecule has 1 N–H and O–H groups in total. The van der Waals surface area contributed by atoms with E-state index in [1.54, 1.807) is 23.5 Å². The number of carboxylic acids is 1. The first-order valence-corrected chi connectivity index (χ1v) is 8.71. The molecule has 3 rings (SSSR count). The van der Waals surface area contributed by atoms with Crippen LogP contribution in [-0.4, -0.2) is 32.7 Å². The summed E-state index contributed by atoms with van der Waals surface area (Å²) in [6, 6.07) is 10.2. The minimum absolute atomic E-state index is 0.277. The van der Waals surface area contributed by atoms with Crippen molar-refractivity contribution < 1.29 is 14.7 Å². The van der Waals surface area contributed by atoms with Gasteiger partial charge >= 0.3 is 5.97 Å². The second-order valence-electron chi connectivity index (χ2n) is 4.73. The number of thiophene rings is 1. The van der Waals surface area contributed by atoms with Gasteiger partial charge in [0.05, 0.1) is 4.91 Å². The summed E-state index contributed by atoms with van der Waals surface area (Å²) in [5.41, 5.74) is 0. The molecule has 2 aromatic rings. The number of thiocarbonyl (C=S) groups is 1. The van der Waals surface area contributed by atoms with Crippen molar-refractivity contribution in [2.75, 3.05) is 6.54 Å². The standard InChI is InChI=1S/C16H11NO3S3/c18-14(19)9-17-15(20)13(23-16(17)21)7-3-5-11-8-10-4-1-2-6-12(10)22-11/h1-8H,9H2,(H,18,19). The quantitative estimate of drug-likeness (QED) is 0.664. The average molecular weight is 361 g/mol. The third kappa shape index (κ3) is 3.52. The molecule has 1 aromatic heterocycles. The number of aliphatic carboxylic acids is 1. The lowest BCUT2D eigenvalue weighted by Crippen LogP contribution is -2.33. The van der Waals surface area contributed by atoms with E-state index in [2.05, 4.69) is 18.2 Å². The molecule has 1 aromatic carbocycles. The SMILES string of the molecule is O=C(O)CN1C(=O)C(=CC=Cc2cc3ccccc3s2)SC1=S. The van der Waals surface area contributed by atoms with Crippen LogP contribution < -0.4 is 0 Å². The molecule has 23 heavy (non-hydrogen) atoms. The maximum absolute atomic E-state index is 12.1. The Labute approximate surface area is 146 Å². The van der Waals surface area contributed by atoms with Gasteiger partial charge in [-0.05, 0) is 29.7 Å². The summed E-state index contributed by atoms with van der Waals surface area (Å²) >= 11 is 7.83. The highest BCUT2D eigenvalue weighted by molar-refractivity contribution is 8.26. The van der Waals surface area contributed by atoms with Crippen molar-refractivity contribution in [3.05, 3.63) is 52.3 Å². The Morgan fingerprint density at radius 2 is 2.13 bits per heavy atom. The highest BCUT2D eigenvalue weighted by atomic mass is 32.2. The Morgan fingerprint density at radius 1 is 1.35 bits per heavy atom. The number of allylic oxidation sites excluding steroid dienone is 2. The van der Waals surface area contributed by atoms with Crippen LogP contribution in [0.25, 0.3) is 16.2 Å². The molecule has 0 unspecified atom stereocenters. The summed E-state index contributed by atoms with van der Waals surface area (Å²) in [4.78, 5) is 25.5. The monoisotopic (exact) mass is 361 g/mol. The average Bonchev–Trinajstić information content (AvgIpc) is 3.03. The molecule has 0 spiro atoms. The number of thioether (sulfide) groups is 1. The molecule has 1 amide bonds. The van der Waals surface area contributed by atoms with Crippen molar-refractivity contribution in [1.29, 1.82) is 0 Å². The zero-order valence-corrected chi connectivity index (χ0v) is 14.2. The fourth-order valence-corrected chi connectivity index (χ4v) is 4.29. The number of hydrogen-bond acceptors (Lipinski definition) is 5. The lowest BCUT2D eigenvalue weighted by Gasteiger charge is -2.09. The molecule has 0 atom stereocenters. The zero-order chi connectivity index (χ0) is 16.4. The second kappa shape index (κ2) is 6.66. The van der Waals surface area contributed by atoms with Crippen LogP contribution in [0.2, 0.25) is 0 Å². The molecule has 116 valence electrons. The fraction of sp³-hybridized carbons (Fsp3) is 0.0625. The Morgan fingerprint density at radius 3 is 2.87 bits per heavy atom. The second-order valence-corrected chi connectivity index (χ2v) is 7.52. The van der Waals surface area contributed by atoms with Crippen molar-refractivity contribution in [1.82, 2.24) is 4.90 Å². The van der Waals surface area contributed by atoms with Crippen LogP contribution in [0.5, 0.6) is 0 Å². The number of fused-ring (bicyclic) bond motifs is 1. The van der Waals surface area contributed by atoms with Crippen molar-refractivity contribution in [3.63, 3.8) is 0 Å². The van der Waals surface area contributed by atoms with E-state index in [1.165, 1.54) is 10.1 Å². The molecule has 1 aliphatic heterocycles. The van der Waals surface area contributed by atoms with Gasteiger partial charge in [-0.25, -0.2) is 0 Å². The van der Waals surface area contributed by atoms with Gasteiger partial charge in [0.1, 0.15) is 10.9 Å². The molecule has 7 heteroatoms. The summed E-state index contributed by atoms with van der Waals surface area (Å²) < 4.78 is 1.49. The maximum Gasteiger partial charge on any atom is 0.323 e. The van der Waals surface area contributed by atoms with Crippen LogP contribution in [0.15, 0.2) is 47.4 Å². The maximum atomic E-state index is 12.1. The van der Waals surface area contributed by atoms with E-state index in [1.807, 2.05) is 18.2 Å². The first kappa shape index (κ1) is 15.9. The highest BCUT2D eigenvalue weighted by Gasteiger charge is 2.32. The summed E-state index contributed by atoms with van der Waals surface area (Å²) in [5, 5.41) is 9.98. The molecule has 1 saturated heterocycles. The molecule has 0 saturated carbocycles. The third-order valence-electron chi connectivity index (χ3n) is 3.12. The van der Waals surface area contributed by atoms with Gasteiger partial charge in [-0.15, -0.1) is 11.3 Å². The first-order chi connectivity index (χ1) is 11.0. The zero-order valence-electron chi connectivity index (χ0n) is 11.8. The van der Waals surface area contributed by atoms with E-state index in [4.69, 9.17) is 17.3 Å². The molecular weight excluding hydrogens is 350 g/mol. The molecule has 0 bridgehead atoms. The van der Waals surface area contributed by atoms with E-state index in [9.17, 15) is 9.59 Å². The number of carbonyl (C=O) groups is 2. The van der Waals surface area contributed by atoms with Crippen LogP contribution >= 0.6 is 35.3 Å². The number of carbonyl (C=O) groups excluding carboxylic acids is 1. The summed E-state index contributed by atoms with van der Waals surface area (Å²) in [5.74, 6) is -1.44. The van der Waals surface area contributed by atoms with E-state index in [0.29, 0.717) is 4.91 Å². The fourth-order valence-electron chi connectivity index (χ4n) is 2.10. The van der Waals surface area contributed by atoms with Crippen LogP contribution in [0.1, 0.15) is 4.88 Å². The van der Waals surface area contributed by atoms with Gasteiger partial charge < -0.3 is 5.11 Å². The number of nitrogens with zero attached hydrogens (tertiary/aromatic N) is 1. The molecule has 0 aliphatic carbocycles. The highest BCUT2D eigenvalue weighted by Crippen LogP contribution is 2.31. The predicted octanol–water partition coefficient (Wildman–Crippen LogP) is 3.74. The van der Waals surface area contributed by atoms with Gasteiger partial charge in [0.2, 0.25) is 0 Å². The number of carboxylic acid groups (broad SMARTS) is 1. The summed E-state index contributed by atoms with van der Waals surface area (Å²) in [6.45, 7) is -0.401. The van der Waals surface area contributed by atoms with Gasteiger partial charge in [0.25, 0.3) is 5.91 Å². The summed E-state index contributed by atoms with van der Waals surface area (Å²) in [6.07, 6.45) is 5.39. The van der Waals surface area contributed by atoms with Gasteiger partial charge in [-0.1, -0.05) is 48.3 Å².